The molecule has 0 saturated carbocycles. The highest BCUT2D eigenvalue weighted by atomic mass is 19.1. The number of hydrogen-bond acceptors (Lipinski definition) is 3. The average molecular weight is 386 g/mol. The normalized spacial score (nSPS) is 11.1. The lowest BCUT2D eigenvalue weighted by molar-refractivity contribution is 0.285. The maximum Gasteiger partial charge on any atom is 0.346 e. The Bertz CT molecular complexity index is 1020. The predicted molar refractivity (Wildman–Crippen MR) is 106 cm³/mol. The summed E-state index contributed by atoms with van der Waals surface area (Å²) in [5.74, 6) is -0.769. The highest BCUT2D eigenvalue weighted by Crippen LogP contribution is 2.26. The maximum atomic E-state index is 14.7. The van der Waals surface area contributed by atoms with Crippen molar-refractivity contribution in [3.8, 4) is 5.75 Å². The fourth-order valence-corrected chi connectivity index (χ4v) is 3.16. The van der Waals surface area contributed by atoms with Gasteiger partial charge in [-0.15, -0.1) is 0 Å². The SMILES string of the molecule is CCCCCc1ccc(COc2ccc3cc(CC)oc(=O)c3c2F)c(F)c1. The first-order valence-corrected chi connectivity index (χ1v) is 9.68. The van der Waals surface area contributed by atoms with Crippen LogP contribution in [0.25, 0.3) is 10.8 Å². The van der Waals surface area contributed by atoms with Gasteiger partial charge in [0.25, 0.3) is 0 Å². The zero-order valence-corrected chi connectivity index (χ0v) is 16.2. The third kappa shape index (κ3) is 4.41. The van der Waals surface area contributed by atoms with E-state index in [9.17, 15) is 13.6 Å². The minimum atomic E-state index is -0.787. The molecule has 3 rings (SSSR count). The molecule has 0 atom stereocenters. The van der Waals surface area contributed by atoms with Crippen LogP contribution in [0.1, 0.15) is 50.0 Å². The van der Waals surface area contributed by atoms with Crippen molar-refractivity contribution < 1.29 is 17.9 Å². The van der Waals surface area contributed by atoms with Crippen LogP contribution in [-0.2, 0) is 19.4 Å². The Balaban J connectivity index is 1.77. The summed E-state index contributed by atoms with van der Waals surface area (Å²) in [6, 6.07) is 9.74. The first-order chi connectivity index (χ1) is 13.5. The summed E-state index contributed by atoms with van der Waals surface area (Å²) < 4.78 is 39.6. The number of rotatable bonds is 8. The number of hydrogen-bond donors (Lipinski definition) is 0. The van der Waals surface area contributed by atoms with Crippen molar-refractivity contribution in [1.29, 1.82) is 0 Å². The standard InChI is InChI=1S/C23H24F2O3/c1-3-5-6-7-15-8-9-17(19(24)12-15)14-27-20-11-10-16-13-18(4-2)28-23(26)21(16)22(20)25/h8-13H,3-7,14H2,1-2H3. The second-order valence-electron chi connectivity index (χ2n) is 6.87. The molecule has 0 amide bonds. The van der Waals surface area contributed by atoms with Crippen LogP contribution in [0.4, 0.5) is 8.78 Å². The Kier molecular flexibility index (Phi) is 6.45. The van der Waals surface area contributed by atoms with Crippen LogP contribution in [-0.4, -0.2) is 0 Å². The van der Waals surface area contributed by atoms with E-state index in [0.29, 0.717) is 23.1 Å². The van der Waals surface area contributed by atoms with Crippen molar-refractivity contribution in [3.05, 3.63) is 75.3 Å². The average Bonchev–Trinajstić information content (AvgIpc) is 2.68. The molecule has 1 aromatic heterocycles. The van der Waals surface area contributed by atoms with E-state index in [1.54, 1.807) is 18.2 Å². The van der Waals surface area contributed by atoms with Gasteiger partial charge >= 0.3 is 5.63 Å². The second-order valence-corrected chi connectivity index (χ2v) is 6.87. The molecule has 148 valence electrons. The molecule has 0 saturated heterocycles. The number of fused-ring (bicyclic) bond motifs is 1. The molecule has 0 aliphatic heterocycles. The number of unbranched alkanes of at least 4 members (excludes halogenated alkanes) is 2. The van der Waals surface area contributed by atoms with Gasteiger partial charge in [0, 0.05) is 12.0 Å². The Labute approximate surface area is 163 Å². The Hall–Kier alpha value is -2.69. The summed E-state index contributed by atoms with van der Waals surface area (Å²) in [5.41, 5.74) is 0.544. The van der Waals surface area contributed by atoms with Crippen molar-refractivity contribution in [3.63, 3.8) is 0 Å². The summed E-state index contributed by atoms with van der Waals surface area (Å²) in [4.78, 5) is 12.1. The molecule has 0 N–H and O–H groups in total. The zero-order chi connectivity index (χ0) is 20.1. The van der Waals surface area contributed by atoms with E-state index < -0.39 is 11.4 Å². The summed E-state index contributed by atoms with van der Waals surface area (Å²) in [5, 5.41) is 0.307. The lowest BCUT2D eigenvalue weighted by Gasteiger charge is -2.11. The third-order valence-corrected chi connectivity index (χ3v) is 4.80. The van der Waals surface area contributed by atoms with Gasteiger partial charge in [-0.3, -0.25) is 0 Å². The molecule has 2 aromatic carbocycles. The number of aryl methyl sites for hydroxylation is 2. The van der Waals surface area contributed by atoms with E-state index in [2.05, 4.69) is 6.92 Å². The molecule has 0 spiro atoms. The van der Waals surface area contributed by atoms with Crippen LogP contribution < -0.4 is 10.4 Å². The summed E-state index contributed by atoms with van der Waals surface area (Å²) in [6.45, 7) is 3.85. The van der Waals surface area contributed by atoms with Crippen LogP contribution in [0, 0.1) is 11.6 Å². The minimum absolute atomic E-state index is 0.101. The molecule has 0 unspecified atom stereocenters. The van der Waals surface area contributed by atoms with Crippen molar-refractivity contribution in [1.82, 2.24) is 0 Å². The van der Waals surface area contributed by atoms with Crippen LogP contribution in [0.3, 0.4) is 0 Å². The van der Waals surface area contributed by atoms with Gasteiger partial charge in [0.1, 0.15) is 23.6 Å². The molecule has 0 bridgehead atoms. The summed E-state index contributed by atoms with van der Waals surface area (Å²) in [6.07, 6.45) is 4.63. The topological polar surface area (TPSA) is 39.4 Å². The van der Waals surface area contributed by atoms with Crippen molar-refractivity contribution in [2.75, 3.05) is 0 Å². The first kappa shape index (κ1) is 20.1. The molecule has 3 aromatic rings. The van der Waals surface area contributed by atoms with Gasteiger partial charge in [0.05, 0.1) is 0 Å². The van der Waals surface area contributed by atoms with E-state index in [-0.39, 0.29) is 23.6 Å². The third-order valence-electron chi connectivity index (χ3n) is 4.80. The van der Waals surface area contributed by atoms with Crippen LogP contribution in [0.2, 0.25) is 0 Å². The van der Waals surface area contributed by atoms with Crippen LogP contribution in [0.15, 0.2) is 45.6 Å². The molecule has 3 nitrogen and oxygen atoms in total. The first-order valence-electron chi connectivity index (χ1n) is 9.68. The predicted octanol–water partition coefficient (Wildman–Crippen LogP) is 5.95. The molecule has 0 fully saturated rings. The fourth-order valence-electron chi connectivity index (χ4n) is 3.16. The second kappa shape index (κ2) is 9.00. The molecular weight excluding hydrogens is 362 g/mol. The molecule has 0 aliphatic carbocycles. The highest BCUT2D eigenvalue weighted by Gasteiger charge is 2.15. The van der Waals surface area contributed by atoms with Crippen LogP contribution >= 0.6 is 0 Å². The van der Waals surface area contributed by atoms with E-state index in [1.165, 1.54) is 12.1 Å². The number of benzene rings is 2. The lowest BCUT2D eigenvalue weighted by Crippen LogP contribution is -2.06. The molecule has 5 heteroatoms. The molecule has 0 aliphatic rings. The van der Waals surface area contributed by atoms with Crippen molar-refractivity contribution >= 4 is 10.8 Å². The van der Waals surface area contributed by atoms with E-state index >= 15 is 0 Å². The smallest absolute Gasteiger partial charge is 0.346 e. The van der Waals surface area contributed by atoms with E-state index in [4.69, 9.17) is 9.15 Å². The number of halogens is 2. The Morgan fingerprint density at radius 1 is 1.04 bits per heavy atom. The highest BCUT2D eigenvalue weighted by molar-refractivity contribution is 5.83. The van der Waals surface area contributed by atoms with Crippen molar-refractivity contribution in [2.24, 2.45) is 0 Å². The summed E-state index contributed by atoms with van der Waals surface area (Å²) >= 11 is 0. The molecule has 0 radical (unpaired) electrons. The quantitative estimate of drug-likeness (QED) is 0.449. The van der Waals surface area contributed by atoms with E-state index in [0.717, 1.165) is 31.2 Å². The van der Waals surface area contributed by atoms with Gasteiger partial charge in [0.2, 0.25) is 0 Å². The van der Waals surface area contributed by atoms with Gasteiger partial charge in [-0.25, -0.2) is 13.6 Å². The van der Waals surface area contributed by atoms with Crippen LogP contribution in [0.5, 0.6) is 5.75 Å². The van der Waals surface area contributed by atoms with Gasteiger partial charge in [0.15, 0.2) is 11.6 Å². The number of ether oxygens (including phenoxy) is 1. The summed E-state index contributed by atoms with van der Waals surface area (Å²) in [7, 11) is 0. The lowest BCUT2D eigenvalue weighted by atomic mass is 10.1. The minimum Gasteiger partial charge on any atom is -0.486 e. The van der Waals surface area contributed by atoms with Gasteiger partial charge in [-0.05, 0) is 42.0 Å². The van der Waals surface area contributed by atoms with Gasteiger partial charge < -0.3 is 9.15 Å². The largest absolute Gasteiger partial charge is 0.486 e. The van der Waals surface area contributed by atoms with E-state index in [1.807, 2.05) is 13.0 Å². The molecule has 1 heterocycles. The monoisotopic (exact) mass is 386 g/mol. The fraction of sp³-hybridized carbons (Fsp3) is 0.348. The zero-order valence-electron chi connectivity index (χ0n) is 16.2. The van der Waals surface area contributed by atoms with Gasteiger partial charge in [-0.2, -0.15) is 0 Å². The molecule has 28 heavy (non-hydrogen) atoms. The van der Waals surface area contributed by atoms with Gasteiger partial charge in [-0.1, -0.05) is 44.9 Å². The Morgan fingerprint density at radius 2 is 1.86 bits per heavy atom. The van der Waals surface area contributed by atoms with Crippen molar-refractivity contribution in [2.45, 2.75) is 52.6 Å². The molecular formula is C23H24F2O3. The Morgan fingerprint density at radius 3 is 2.57 bits per heavy atom. The maximum absolute atomic E-state index is 14.7.